The van der Waals surface area contributed by atoms with Crippen molar-refractivity contribution in [2.45, 2.75) is 25.9 Å². The second-order valence-electron chi connectivity index (χ2n) is 2.24. The fourth-order valence-corrected chi connectivity index (χ4v) is 0.938. The Morgan fingerprint density at radius 2 is 2.38 bits per heavy atom. The van der Waals surface area contributed by atoms with E-state index < -0.39 is 0 Å². The number of hydrogen-bond acceptors (Lipinski definition) is 1. The van der Waals surface area contributed by atoms with Crippen molar-refractivity contribution in [2.75, 3.05) is 6.61 Å². The fraction of sp³-hybridized carbons (Fsp3) is 0.714. The van der Waals surface area contributed by atoms with Gasteiger partial charge in [-0.1, -0.05) is 12.2 Å². The van der Waals surface area contributed by atoms with Crippen LogP contribution in [0.1, 0.15) is 19.8 Å². The average molecular weight is 112 g/mol. The first kappa shape index (κ1) is 5.83. The van der Waals surface area contributed by atoms with Gasteiger partial charge in [-0.25, -0.2) is 0 Å². The maximum atomic E-state index is 5.29. The standard InChI is InChI=1S/C7H12O/c1-3-8-7-4-6(2)5-7/h7H,2-5H2,1H3. The molecule has 0 aromatic heterocycles. The lowest BCUT2D eigenvalue weighted by molar-refractivity contribution is 0.0373. The zero-order valence-electron chi connectivity index (χ0n) is 5.31. The summed E-state index contributed by atoms with van der Waals surface area (Å²) in [6.45, 7) is 6.69. The Morgan fingerprint density at radius 3 is 2.75 bits per heavy atom. The van der Waals surface area contributed by atoms with Crippen molar-refractivity contribution in [3.8, 4) is 0 Å². The highest BCUT2D eigenvalue weighted by Gasteiger charge is 2.20. The maximum absolute atomic E-state index is 5.29. The molecule has 46 valence electrons. The molecular formula is C7H12O. The van der Waals surface area contributed by atoms with Crippen LogP contribution < -0.4 is 0 Å². The van der Waals surface area contributed by atoms with Crippen molar-refractivity contribution >= 4 is 0 Å². The number of rotatable bonds is 2. The molecule has 0 saturated heterocycles. The quantitative estimate of drug-likeness (QED) is 0.494. The molecule has 0 aromatic carbocycles. The molecule has 0 amide bonds. The third-order valence-corrected chi connectivity index (χ3v) is 1.44. The van der Waals surface area contributed by atoms with E-state index in [1.807, 2.05) is 6.92 Å². The van der Waals surface area contributed by atoms with Gasteiger partial charge in [0.15, 0.2) is 0 Å². The maximum Gasteiger partial charge on any atom is 0.0648 e. The molecule has 1 rings (SSSR count). The molecule has 0 atom stereocenters. The van der Waals surface area contributed by atoms with Gasteiger partial charge in [-0.05, 0) is 19.8 Å². The summed E-state index contributed by atoms with van der Waals surface area (Å²) in [7, 11) is 0. The Morgan fingerprint density at radius 1 is 1.75 bits per heavy atom. The molecule has 0 bridgehead atoms. The Bertz CT molecular complexity index is 88.6. The molecule has 0 heterocycles. The molecule has 0 aromatic rings. The summed E-state index contributed by atoms with van der Waals surface area (Å²) in [6.07, 6.45) is 2.69. The number of ether oxygens (including phenoxy) is 1. The molecule has 0 unspecified atom stereocenters. The van der Waals surface area contributed by atoms with Crippen molar-refractivity contribution < 1.29 is 4.74 Å². The first-order valence-electron chi connectivity index (χ1n) is 3.11. The van der Waals surface area contributed by atoms with E-state index in [1.54, 1.807) is 0 Å². The summed E-state index contributed by atoms with van der Waals surface area (Å²) in [4.78, 5) is 0. The van der Waals surface area contributed by atoms with E-state index in [0.29, 0.717) is 6.10 Å². The highest BCUT2D eigenvalue weighted by atomic mass is 16.5. The lowest BCUT2D eigenvalue weighted by Crippen LogP contribution is -2.23. The van der Waals surface area contributed by atoms with Crippen LogP contribution in [0.3, 0.4) is 0 Å². The summed E-state index contributed by atoms with van der Waals surface area (Å²) in [6, 6.07) is 0. The third-order valence-electron chi connectivity index (χ3n) is 1.44. The molecule has 1 nitrogen and oxygen atoms in total. The highest BCUT2D eigenvalue weighted by molar-refractivity contribution is 5.08. The van der Waals surface area contributed by atoms with Crippen LogP contribution in [0.2, 0.25) is 0 Å². The predicted molar refractivity (Wildman–Crippen MR) is 33.8 cm³/mol. The van der Waals surface area contributed by atoms with E-state index in [-0.39, 0.29) is 0 Å². The van der Waals surface area contributed by atoms with Crippen molar-refractivity contribution in [2.24, 2.45) is 0 Å². The van der Waals surface area contributed by atoms with E-state index in [9.17, 15) is 0 Å². The van der Waals surface area contributed by atoms with Crippen LogP contribution >= 0.6 is 0 Å². The molecule has 1 aliphatic carbocycles. The van der Waals surface area contributed by atoms with Crippen molar-refractivity contribution in [1.82, 2.24) is 0 Å². The van der Waals surface area contributed by atoms with Crippen molar-refractivity contribution in [3.63, 3.8) is 0 Å². The summed E-state index contributed by atoms with van der Waals surface area (Å²) in [5.74, 6) is 0. The Labute approximate surface area is 50.3 Å². The zero-order chi connectivity index (χ0) is 5.98. The lowest BCUT2D eigenvalue weighted by atomic mass is 9.90. The van der Waals surface area contributed by atoms with Crippen LogP contribution in [0.5, 0.6) is 0 Å². The average Bonchev–Trinajstić information content (AvgIpc) is 1.64. The van der Waals surface area contributed by atoms with E-state index in [4.69, 9.17) is 4.74 Å². The van der Waals surface area contributed by atoms with E-state index in [0.717, 1.165) is 19.4 Å². The minimum Gasteiger partial charge on any atom is -0.378 e. The van der Waals surface area contributed by atoms with Gasteiger partial charge >= 0.3 is 0 Å². The zero-order valence-corrected chi connectivity index (χ0v) is 5.31. The van der Waals surface area contributed by atoms with Gasteiger partial charge in [0, 0.05) is 6.61 Å². The molecule has 8 heavy (non-hydrogen) atoms. The number of hydrogen-bond donors (Lipinski definition) is 0. The van der Waals surface area contributed by atoms with Gasteiger partial charge in [-0.3, -0.25) is 0 Å². The topological polar surface area (TPSA) is 9.23 Å². The summed E-state index contributed by atoms with van der Waals surface area (Å²) in [5.41, 5.74) is 1.34. The minimum atomic E-state index is 0.507. The molecule has 0 N–H and O–H groups in total. The Hall–Kier alpha value is -0.300. The van der Waals surface area contributed by atoms with Gasteiger partial charge in [-0.2, -0.15) is 0 Å². The molecule has 0 radical (unpaired) electrons. The van der Waals surface area contributed by atoms with E-state index >= 15 is 0 Å². The lowest BCUT2D eigenvalue weighted by Gasteiger charge is -2.27. The van der Waals surface area contributed by atoms with Gasteiger partial charge in [-0.15, -0.1) is 0 Å². The Kier molecular flexibility index (Phi) is 1.69. The molecule has 0 aliphatic heterocycles. The second-order valence-corrected chi connectivity index (χ2v) is 2.24. The van der Waals surface area contributed by atoms with Crippen molar-refractivity contribution in [3.05, 3.63) is 12.2 Å². The summed E-state index contributed by atoms with van der Waals surface area (Å²) >= 11 is 0. The fourth-order valence-electron chi connectivity index (χ4n) is 0.938. The largest absolute Gasteiger partial charge is 0.378 e. The second kappa shape index (κ2) is 2.31. The van der Waals surface area contributed by atoms with E-state index in [1.165, 1.54) is 5.57 Å². The van der Waals surface area contributed by atoms with Gasteiger partial charge in [0.05, 0.1) is 6.10 Å². The van der Waals surface area contributed by atoms with Crippen LogP contribution in [0.25, 0.3) is 0 Å². The van der Waals surface area contributed by atoms with Gasteiger partial charge < -0.3 is 4.74 Å². The smallest absolute Gasteiger partial charge is 0.0648 e. The van der Waals surface area contributed by atoms with Crippen LogP contribution in [-0.4, -0.2) is 12.7 Å². The van der Waals surface area contributed by atoms with Gasteiger partial charge in [0.1, 0.15) is 0 Å². The summed E-state index contributed by atoms with van der Waals surface area (Å²) in [5, 5.41) is 0. The molecular weight excluding hydrogens is 100 g/mol. The van der Waals surface area contributed by atoms with Crippen molar-refractivity contribution in [1.29, 1.82) is 0 Å². The monoisotopic (exact) mass is 112 g/mol. The van der Waals surface area contributed by atoms with E-state index in [2.05, 4.69) is 6.58 Å². The summed E-state index contributed by atoms with van der Waals surface area (Å²) < 4.78 is 5.29. The SMILES string of the molecule is C=C1CC(OCC)C1. The molecule has 0 spiro atoms. The molecule has 1 saturated carbocycles. The Balaban J connectivity index is 2.06. The first-order valence-corrected chi connectivity index (χ1v) is 3.11. The first-order chi connectivity index (χ1) is 3.83. The van der Waals surface area contributed by atoms with Gasteiger partial charge in [0.25, 0.3) is 0 Å². The third kappa shape index (κ3) is 1.10. The molecule has 1 aliphatic rings. The predicted octanol–water partition coefficient (Wildman–Crippen LogP) is 1.74. The van der Waals surface area contributed by atoms with Crippen LogP contribution in [-0.2, 0) is 4.74 Å². The highest BCUT2D eigenvalue weighted by Crippen LogP contribution is 2.26. The van der Waals surface area contributed by atoms with Gasteiger partial charge in [0.2, 0.25) is 0 Å². The minimum absolute atomic E-state index is 0.507. The van der Waals surface area contributed by atoms with Crippen LogP contribution in [0, 0.1) is 0 Å². The van der Waals surface area contributed by atoms with Crippen LogP contribution in [0.4, 0.5) is 0 Å². The van der Waals surface area contributed by atoms with Crippen LogP contribution in [0.15, 0.2) is 12.2 Å². The normalized spacial score (nSPS) is 20.9. The molecule has 1 fully saturated rings. The molecule has 1 heteroatoms.